The molecule has 1 aliphatic heterocycles. The van der Waals surface area contributed by atoms with E-state index in [1.54, 1.807) is 0 Å². The van der Waals surface area contributed by atoms with Gasteiger partial charge >= 0.3 is 0 Å². The maximum atomic E-state index is 11.9. The van der Waals surface area contributed by atoms with Crippen LogP contribution in [0.25, 0.3) is 10.9 Å². The van der Waals surface area contributed by atoms with Crippen LogP contribution < -0.4 is 5.73 Å². The molecule has 1 amide bonds. The molecular weight excluding hydrogens is 486 g/mol. The van der Waals surface area contributed by atoms with Crippen LogP contribution in [0.1, 0.15) is 47.4 Å². The van der Waals surface area contributed by atoms with Crippen LogP contribution in [0, 0.1) is 5.92 Å². The first-order chi connectivity index (χ1) is 19.2. The highest BCUT2D eigenvalue weighted by atomic mass is 16.1. The maximum absolute atomic E-state index is 11.9. The van der Waals surface area contributed by atoms with Crippen LogP contribution in [0.4, 0.5) is 0 Å². The summed E-state index contributed by atoms with van der Waals surface area (Å²) in [6.07, 6.45) is 6.91. The number of H-pyrrole nitrogens is 1. The maximum Gasteiger partial charge on any atom is 0.220 e. The van der Waals surface area contributed by atoms with Gasteiger partial charge in [-0.3, -0.25) is 14.7 Å². The van der Waals surface area contributed by atoms with Gasteiger partial charge in [-0.05, 0) is 61.7 Å². The number of aromatic nitrogens is 5. The number of fused-ring (bicyclic) bond motifs is 1. The zero-order chi connectivity index (χ0) is 26.6. The molecule has 1 atom stereocenters. The molecule has 0 aliphatic carbocycles. The predicted octanol–water partition coefficient (Wildman–Crippen LogP) is 4.27. The van der Waals surface area contributed by atoms with Gasteiger partial charge in [0, 0.05) is 35.6 Å². The number of carbonyl (C=O) groups is 1. The van der Waals surface area contributed by atoms with Crippen LogP contribution in [0.5, 0.6) is 0 Å². The number of nitrogens with zero attached hydrogens (tertiary/aromatic N) is 5. The van der Waals surface area contributed by atoms with E-state index in [0.29, 0.717) is 13.0 Å². The second-order valence-corrected chi connectivity index (χ2v) is 10.3. The molecule has 1 fully saturated rings. The summed E-state index contributed by atoms with van der Waals surface area (Å²) in [4.78, 5) is 22.4. The molecule has 0 bridgehead atoms. The van der Waals surface area contributed by atoms with Crippen molar-refractivity contribution in [2.45, 2.75) is 38.3 Å². The van der Waals surface area contributed by atoms with E-state index >= 15 is 0 Å². The van der Waals surface area contributed by atoms with Gasteiger partial charge in [0.2, 0.25) is 5.91 Å². The standard InChI is InChI=1S/C31H33N7O/c32-30(39)23-13-16-37(17-14-23)28(19-24-20-34-27-12-5-4-11-26(24)27)31-36-35-29(18-22-8-2-1-3-9-22)38(31)21-25-10-6-7-15-33-25/h1-12,15,20,23,28,34H,13-14,16-19,21H2,(H2,32,39). The van der Waals surface area contributed by atoms with Crippen molar-refractivity contribution >= 4 is 16.8 Å². The number of para-hydroxylation sites is 1. The molecule has 8 heteroatoms. The fourth-order valence-electron chi connectivity index (χ4n) is 5.72. The van der Waals surface area contributed by atoms with Crippen molar-refractivity contribution in [3.05, 3.63) is 114 Å². The smallest absolute Gasteiger partial charge is 0.220 e. The van der Waals surface area contributed by atoms with E-state index in [1.807, 2.05) is 36.5 Å². The molecule has 4 heterocycles. The van der Waals surface area contributed by atoms with Gasteiger partial charge in [-0.2, -0.15) is 0 Å². The number of amides is 1. The minimum absolute atomic E-state index is 0.0150. The van der Waals surface area contributed by atoms with E-state index in [2.05, 4.69) is 68.1 Å². The lowest BCUT2D eigenvalue weighted by molar-refractivity contribution is -0.123. The molecular formula is C31H33N7O. The van der Waals surface area contributed by atoms with Gasteiger partial charge in [0.05, 0.1) is 18.3 Å². The highest BCUT2D eigenvalue weighted by molar-refractivity contribution is 5.83. The van der Waals surface area contributed by atoms with E-state index in [-0.39, 0.29) is 17.9 Å². The molecule has 198 valence electrons. The van der Waals surface area contributed by atoms with Gasteiger partial charge in [-0.25, -0.2) is 0 Å². The molecule has 0 radical (unpaired) electrons. The number of benzene rings is 2. The second-order valence-electron chi connectivity index (χ2n) is 10.3. The summed E-state index contributed by atoms with van der Waals surface area (Å²) < 4.78 is 2.25. The summed E-state index contributed by atoms with van der Waals surface area (Å²) in [5.74, 6) is 1.56. The third kappa shape index (κ3) is 5.47. The zero-order valence-corrected chi connectivity index (χ0v) is 21.9. The normalized spacial score (nSPS) is 15.5. The summed E-state index contributed by atoms with van der Waals surface area (Å²) in [5, 5.41) is 10.8. The lowest BCUT2D eigenvalue weighted by atomic mass is 9.93. The molecule has 1 saturated heterocycles. The molecule has 6 rings (SSSR count). The Bertz CT molecular complexity index is 1540. The van der Waals surface area contributed by atoms with E-state index < -0.39 is 0 Å². The van der Waals surface area contributed by atoms with Crippen molar-refractivity contribution in [2.24, 2.45) is 11.7 Å². The monoisotopic (exact) mass is 519 g/mol. The number of carbonyl (C=O) groups excluding carboxylic acids is 1. The van der Waals surface area contributed by atoms with Crippen molar-refractivity contribution in [1.82, 2.24) is 29.6 Å². The van der Waals surface area contributed by atoms with Crippen LogP contribution in [-0.4, -0.2) is 48.6 Å². The van der Waals surface area contributed by atoms with Crippen molar-refractivity contribution in [3.63, 3.8) is 0 Å². The predicted molar refractivity (Wildman–Crippen MR) is 151 cm³/mol. The molecule has 1 aliphatic rings. The van der Waals surface area contributed by atoms with Gasteiger partial charge < -0.3 is 15.3 Å². The summed E-state index contributed by atoms with van der Waals surface area (Å²) in [6.45, 7) is 2.16. The molecule has 1 unspecified atom stereocenters. The SMILES string of the molecule is NC(=O)C1CCN(C(Cc2c[nH]c3ccccc23)c2nnc(Cc3ccccc3)n2Cc2ccccn2)CC1. The lowest BCUT2D eigenvalue weighted by Crippen LogP contribution is -2.42. The van der Waals surface area contributed by atoms with Crippen molar-refractivity contribution in [2.75, 3.05) is 13.1 Å². The Balaban J connectivity index is 1.40. The van der Waals surface area contributed by atoms with E-state index in [1.165, 1.54) is 16.5 Å². The Kier molecular flexibility index (Phi) is 7.19. The first-order valence-electron chi connectivity index (χ1n) is 13.6. The largest absolute Gasteiger partial charge is 0.369 e. The van der Waals surface area contributed by atoms with Gasteiger partial charge in [-0.15, -0.1) is 10.2 Å². The molecule has 3 aromatic heterocycles. The third-order valence-electron chi connectivity index (χ3n) is 7.87. The molecule has 8 nitrogen and oxygen atoms in total. The van der Waals surface area contributed by atoms with Gasteiger partial charge in [-0.1, -0.05) is 54.6 Å². The number of nitrogens with one attached hydrogen (secondary N) is 1. The lowest BCUT2D eigenvalue weighted by Gasteiger charge is -2.36. The Morgan fingerprint density at radius 1 is 0.974 bits per heavy atom. The van der Waals surface area contributed by atoms with Gasteiger partial charge in [0.1, 0.15) is 5.82 Å². The first-order valence-corrected chi connectivity index (χ1v) is 13.6. The van der Waals surface area contributed by atoms with Gasteiger partial charge in [0.15, 0.2) is 5.82 Å². The number of piperidine rings is 1. The van der Waals surface area contributed by atoms with Crippen molar-refractivity contribution in [1.29, 1.82) is 0 Å². The Morgan fingerprint density at radius 2 is 1.74 bits per heavy atom. The van der Waals surface area contributed by atoms with E-state index in [0.717, 1.165) is 55.2 Å². The number of likely N-dealkylation sites (tertiary alicyclic amines) is 1. The number of hydrogen-bond donors (Lipinski definition) is 2. The molecule has 5 aromatic rings. The average molecular weight is 520 g/mol. The quantitative estimate of drug-likeness (QED) is 0.303. The molecule has 0 saturated carbocycles. The number of pyridine rings is 1. The van der Waals surface area contributed by atoms with Gasteiger partial charge in [0.25, 0.3) is 0 Å². The summed E-state index contributed by atoms with van der Waals surface area (Å²) in [6, 6.07) is 24.8. The highest BCUT2D eigenvalue weighted by Gasteiger charge is 2.32. The van der Waals surface area contributed by atoms with E-state index in [9.17, 15) is 4.79 Å². The summed E-state index contributed by atoms with van der Waals surface area (Å²) in [5.41, 5.74) is 10.2. The minimum atomic E-state index is -0.203. The Morgan fingerprint density at radius 3 is 2.51 bits per heavy atom. The third-order valence-corrected chi connectivity index (χ3v) is 7.87. The molecule has 2 aromatic carbocycles. The second kappa shape index (κ2) is 11.2. The number of primary amides is 1. The summed E-state index contributed by atoms with van der Waals surface area (Å²) >= 11 is 0. The van der Waals surface area contributed by atoms with Crippen molar-refractivity contribution in [3.8, 4) is 0 Å². The van der Waals surface area contributed by atoms with Crippen LogP contribution in [0.15, 0.2) is 85.2 Å². The minimum Gasteiger partial charge on any atom is -0.369 e. The fraction of sp³-hybridized carbons (Fsp3) is 0.290. The zero-order valence-electron chi connectivity index (χ0n) is 21.9. The van der Waals surface area contributed by atoms with Crippen LogP contribution in [0.3, 0.4) is 0 Å². The summed E-state index contributed by atoms with van der Waals surface area (Å²) in [7, 11) is 0. The number of hydrogen-bond acceptors (Lipinski definition) is 5. The highest BCUT2D eigenvalue weighted by Crippen LogP contribution is 2.32. The Labute approximate surface area is 227 Å². The topological polar surface area (TPSA) is 106 Å². The van der Waals surface area contributed by atoms with Crippen LogP contribution in [0.2, 0.25) is 0 Å². The van der Waals surface area contributed by atoms with Crippen LogP contribution in [-0.2, 0) is 24.2 Å². The average Bonchev–Trinajstić information content (AvgIpc) is 3.56. The van der Waals surface area contributed by atoms with Crippen molar-refractivity contribution < 1.29 is 4.79 Å². The number of rotatable bonds is 9. The fourth-order valence-corrected chi connectivity index (χ4v) is 5.72. The number of nitrogens with two attached hydrogens (primary N) is 1. The molecule has 39 heavy (non-hydrogen) atoms. The number of aromatic amines is 1. The molecule has 0 spiro atoms. The molecule has 3 N–H and O–H groups in total. The van der Waals surface area contributed by atoms with Crippen LogP contribution >= 0.6 is 0 Å². The van der Waals surface area contributed by atoms with E-state index in [4.69, 9.17) is 15.9 Å². The first kappa shape index (κ1) is 25.0. The Hall–Kier alpha value is -4.30.